The van der Waals surface area contributed by atoms with E-state index in [4.69, 9.17) is 16.3 Å². The maximum absolute atomic E-state index is 6.58. The third kappa shape index (κ3) is 2.50. The smallest absolute Gasteiger partial charge is 0.150 e. The van der Waals surface area contributed by atoms with Gasteiger partial charge in [0.1, 0.15) is 11.3 Å². The normalized spacial score (nSPS) is 22.4. The van der Waals surface area contributed by atoms with Gasteiger partial charge in [-0.15, -0.1) is 0 Å². The van der Waals surface area contributed by atoms with E-state index in [0.29, 0.717) is 12.0 Å². The molecule has 2 aliphatic heterocycles. The zero-order chi connectivity index (χ0) is 16.8. The first kappa shape index (κ1) is 15.2. The number of aromatic nitrogens is 1. The van der Waals surface area contributed by atoms with Crippen LogP contribution in [0.1, 0.15) is 23.6 Å². The molecule has 0 radical (unpaired) electrons. The maximum Gasteiger partial charge on any atom is 0.150 e. The van der Waals surface area contributed by atoms with Gasteiger partial charge in [0.25, 0.3) is 0 Å². The molecule has 1 fully saturated rings. The van der Waals surface area contributed by atoms with E-state index in [1.54, 1.807) is 0 Å². The molecular formula is C21H19ClN2O. The van der Waals surface area contributed by atoms with Crippen LogP contribution in [0.3, 0.4) is 0 Å². The van der Waals surface area contributed by atoms with E-state index in [2.05, 4.69) is 46.3 Å². The number of fused-ring (bicyclic) bond motifs is 5. The van der Waals surface area contributed by atoms with Crippen LogP contribution in [-0.4, -0.2) is 23.0 Å². The molecule has 0 spiro atoms. The number of hydrogen-bond acceptors (Lipinski definition) is 3. The Labute approximate surface area is 152 Å². The molecule has 2 aliphatic rings. The van der Waals surface area contributed by atoms with Gasteiger partial charge in [0.05, 0.1) is 11.6 Å². The number of ether oxygens (including phenoxy) is 1. The fourth-order valence-corrected chi connectivity index (χ4v) is 4.57. The van der Waals surface area contributed by atoms with Crippen molar-refractivity contribution in [3.8, 4) is 5.75 Å². The van der Waals surface area contributed by atoms with Crippen molar-refractivity contribution in [2.45, 2.75) is 19.0 Å². The van der Waals surface area contributed by atoms with Crippen molar-refractivity contribution in [2.75, 3.05) is 13.2 Å². The van der Waals surface area contributed by atoms with Gasteiger partial charge in [0, 0.05) is 35.7 Å². The van der Waals surface area contributed by atoms with E-state index >= 15 is 0 Å². The number of benzene rings is 2. The van der Waals surface area contributed by atoms with Gasteiger partial charge in [-0.1, -0.05) is 41.9 Å². The molecule has 2 atom stereocenters. The lowest BCUT2D eigenvalue weighted by Crippen LogP contribution is -2.31. The average molecular weight is 351 g/mol. The summed E-state index contributed by atoms with van der Waals surface area (Å²) < 4.78 is 6.16. The largest absolute Gasteiger partial charge is 0.491 e. The quantitative estimate of drug-likeness (QED) is 0.661. The zero-order valence-electron chi connectivity index (χ0n) is 13.9. The number of hydrogen-bond donors (Lipinski definition) is 0. The molecule has 0 unspecified atom stereocenters. The van der Waals surface area contributed by atoms with E-state index in [1.165, 1.54) is 11.1 Å². The van der Waals surface area contributed by atoms with Crippen molar-refractivity contribution in [1.82, 2.24) is 9.88 Å². The lowest BCUT2D eigenvalue weighted by Gasteiger charge is -2.34. The van der Waals surface area contributed by atoms with E-state index in [-0.39, 0.29) is 0 Å². The predicted octanol–water partition coefficient (Wildman–Crippen LogP) is 4.84. The molecule has 5 rings (SSSR count). The van der Waals surface area contributed by atoms with Gasteiger partial charge < -0.3 is 4.74 Å². The molecule has 0 saturated carbocycles. The van der Waals surface area contributed by atoms with Crippen LogP contribution < -0.4 is 4.74 Å². The molecule has 0 amide bonds. The van der Waals surface area contributed by atoms with Crippen LogP contribution in [0.4, 0.5) is 0 Å². The first-order valence-corrected chi connectivity index (χ1v) is 9.17. The first-order valence-electron chi connectivity index (χ1n) is 8.79. The Balaban J connectivity index is 1.59. The fourth-order valence-electron chi connectivity index (χ4n) is 4.30. The fraction of sp³-hybridized carbons (Fsp3) is 0.286. The van der Waals surface area contributed by atoms with Gasteiger partial charge in [-0.25, -0.2) is 0 Å². The van der Waals surface area contributed by atoms with Crippen molar-refractivity contribution in [2.24, 2.45) is 5.92 Å². The highest BCUT2D eigenvalue weighted by Crippen LogP contribution is 2.48. The molecule has 0 aliphatic carbocycles. The molecule has 1 aromatic heterocycles. The highest BCUT2D eigenvalue weighted by molar-refractivity contribution is 6.35. The van der Waals surface area contributed by atoms with Gasteiger partial charge in [0.2, 0.25) is 0 Å². The van der Waals surface area contributed by atoms with Gasteiger partial charge in [-0.05, 0) is 36.7 Å². The standard InChI is InChI=1S/C21H19ClN2O/c22-18-11-17-20-15(8-10-24(20)12-14-5-2-1-3-6-14)13-25-21(17)19-16(18)7-4-9-23-19/h1-7,9,11,15,20H,8,10,12-13H2/t15-,20-/m0/s1. The van der Waals surface area contributed by atoms with Gasteiger partial charge in [-0.2, -0.15) is 0 Å². The van der Waals surface area contributed by atoms with Crippen LogP contribution >= 0.6 is 11.6 Å². The molecule has 1 saturated heterocycles. The highest BCUT2D eigenvalue weighted by atomic mass is 35.5. The van der Waals surface area contributed by atoms with Crippen molar-refractivity contribution >= 4 is 22.5 Å². The summed E-state index contributed by atoms with van der Waals surface area (Å²) in [4.78, 5) is 7.11. The molecule has 0 bridgehead atoms. The van der Waals surface area contributed by atoms with Gasteiger partial charge >= 0.3 is 0 Å². The number of likely N-dealkylation sites (tertiary alicyclic amines) is 1. The van der Waals surface area contributed by atoms with Crippen molar-refractivity contribution in [3.05, 3.63) is 70.9 Å². The van der Waals surface area contributed by atoms with Crippen LogP contribution in [-0.2, 0) is 6.54 Å². The molecule has 3 heterocycles. The van der Waals surface area contributed by atoms with Crippen molar-refractivity contribution in [1.29, 1.82) is 0 Å². The molecule has 2 aromatic carbocycles. The van der Waals surface area contributed by atoms with Crippen LogP contribution in [0.5, 0.6) is 5.75 Å². The summed E-state index contributed by atoms with van der Waals surface area (Å²) in [5.41, 5.74) is 3.43. The van der Waals surface area contributed by atoms with Gasteiger partial charge in [0.15, 0.2) is 0 Å². The lowest BCUT2D eigenvalue weighted by atomic mass is 9.90. The Kier molecular flexibility index (Phi) is 3.65. The second-order valence-electron chi connectivity index (χ2n) is 6.94. The Morgan fingerprint density at radius 2 is 2.04 bits per heavy atom. The summed E-state index contributed by atoms with van der Waals surface area (Å²) in [5, 5.41) is 1.73. The van der Waals surface area contributed by atoms with Crippen molar-refractivity contribution in [3.63, 3.8) is 0 Å². The third-order valence-electron chi connectivity index (χ3n) is 5.44. The third-order valence-corrected chi connectivity index (χ3v) is 5.75. The zero-order valence-corrected chi connectivity index (χ0v) is 14.6. The van der Waals surface area contributed by atoms with E-state index in [9.17, 15) is 0 Å². The topological polar surface area (TPSA) is 25.4 Å². The minimum Gasteiger partial charge on any atom is -0.491 e. The SMILES string of the molecule is Clc1cc2c(c3ncccc13)OC[C@@H]1CCN(Cc3ccccc3)[C@H]21. The van der Waals surface area contributed by atoms with Gasteiger partial charge in [-0.3, -0.25) is 9.88 Å². The summed E-state index contributed by atoms with van der Waals surface area (Å²) in [7, 11) is 0. The number of pyridine rings is 1. The molecule has 126 valence electrons. The van der Waals surface area contributed by atoms with E-state index in [1.807, 2.05) is 18.3 Å². The summed E-state index contributed by atoms with van der Waals surface area (Å²) in [6, 6.07) is 17.1. The number of rotatable bonds is 2. The lowest BCUT2D eigenvalue weighted by molar-refractivity contribution is 0.145. The Bertz CT molecular complexity index is 928. The van der Waals surface area contributed by atoms with Crippen LogP contribution in [0, 0.1) is 5.92 Å². The van der Waals surface area contributed by atoms with Crippen LogP contribution in [0.25, 0.3) is 10.9 Å². The van der Waals surface area contributed by atoms with Crippen LogP contribution in [0.2, 0.25) is 5.02 Å². The molecule has 4 heteroatoms. The van der Waals surface area contributed by atoms with Crippen molar-refractivity contribution < 1.29 is 4.74 Å². The summed E-state index contributed by atoms with van der Waals surface area (Å²) in [5.74, 6) is 1.44. The summed E-state index contributed by atoms with van der Waals surface area (Å²) in [6.07, 6.45) is 2.97. The minimum atomic E-state index is 0.355. The summed E-state index contributed by atoms with van der Waals surface area (Å²) >= 11 is 6.58. The monoisotopic (exact) mass is 350 g/mol. The molecule has 0 N–H and O–H groups in total. The van der Waals surface area contributed by atoms with Crippen LogP contribution in [0.15, 0.2) is 54.7 Å². The Morgan fingerprint density at radius 3 is 2.92 bits per heavy atom. The molecule has 3 nitrogen and oxygen atoms in total. The second-order valence-corrected chi connectivity index (χ2v) is 7.34. The Morgan fingerprint density at radius 1 is 1.16 bits per heavy atom. The predicted molar refractivity (Wildman–Crippen MR) is 99.9 cm³/mol. The minimum absolute atomic E-state index is 0.355. The summed E-state index contributed by atoms with van der Waals surface area (Å²) in [6.45, 7) is 2.81. The second kappa shape index (κ2) is 6.01. The van der Waals surface area contributed by atoms with E-state index in [0.717, 1.165) is 47.8 Å². The number of nitrogens with zero attached hydrogens (tertiary/aromatic N) is 2. The number of halogens is 1. The highest BCUT2D eigenvalue weighted by Gasteiger charge is 2.41. The molecule has 25 heavy (non-hydrogen) atoms. The average Bonchev–Trinajstić information content (AvgIpc) is 3.06. The first-order chi connectivity index (χ1) is 12.3. The Hall–Kier alpha value is -2.10. The molecular weight excluding hydrogens is 332 g/mol. The maximum atomic E-state index is 6.58. The molecule has 3 aromatic rings. The van der Waals surface area contributed by atoms with E-state index < -0.39 is 0 Å².